The molecule has 0 radical (unpaired) electrons. The van der Waals surface area contributed by atoms with Crippen molar-refractivity contribution in [3.05, 3.63) is 81.1 Å². The number of nitriles is 1. The molecule has 0 bridgehead atoms. The highest BCUT2D eigenvalue weighted by Crippen LogP contribution is 2.29. The predicted octanol–water partition coefficient (Wildman–Crippen LogP) is 4.18. The summed E-state index contributed by atoms with van der Waals surface area (Å²) in [5.74, 6) is 0. The lowest BCUT2D eigenvalue weighted by atomic mass is 10.1. The van der Waals surface area contributed by atoms with Crippen molar-refractivity contribution in [3.63, 3.8) is 0 Å². The summed E-state index contributed by atoms with van der Waals surface area (Å²) in [6.45, 7) is 0. The maximum Gasteiger partial charge on any atom is 0.273 e. The largest absolute Gasteiger partial charge is 0.388 e. The number of benzene rings is 2. The van der Waals surface area contributed by atoms with E-state index >= 15 is 0 Å². The minimum atomic E-state index is -0.330. The lowest BCUT2D eigenvalue weighted by Crippen LogP contribution is -2.22. The fourth-order valence-electron chi connectivity index (χ4n) is 2.60. The SMILES string of the molecule is CNc1ccccc1-c1ccc(C#N)c(=O)n1-c1ccc(Br)cc1. The maximum absolute atomic E-state index is 12.8. The number of anilines is 1. The molecule has 3 rings (SSSR count). The summed E-state index contributed by atoms with van der Waals surface area (Å²) in [7, 11) is 1.84. The fourth-order valence-corrected chi connectivity index (χ4v) is 2.87. The van der Waals surface area contributed by atoms with E-state index in [0.717, 1.165) is 21.4 Å². The van der Waals surface area contributed by atoms with E-state index in [1.165, 1.54) is 0 Å². The van der Waals surface area contributed by atoms with Crippen LogP contribution in [0.3, 0.4) is 0 Å². The first-order valence-corrected chi connectivity index (χ1v) is 8.14. The third-order valence-electron chi connectivity index (χ3n) is 3.76. The molecular weight excluding hydrogens is 366 g/mol. The second kappa shape index (κ2) is 6.73. The molecule has 0 atom stereocenters. The zero-order chi connectivity index (χ0) is 17.1. The van der Waals surface area contributed by atoms with Crippen LogP contribution in [0.5, 0.6) is 0 Å². The first-order valence-electron chi connectivity index (χ1n) is 7.35. The zero-order valence-corrected chi connectivity index (χ0v) is 14.5. The van der Waals surface area contributed by atoms with Crippen molar-refractivity contribution in [2.45, 2.75) is 0 Å². The molecule has 24 heavy (non-hydrogen) atoms. The van der Waals surface area contributed by atoms with Gasteiger partial charge in [-0.1, -0.05) is 34.1 Å². The molecule has 0 fully saturated rings. The number of nitrogens with one attached hydrogen (secondary N) is 1. The smallest absolute Gasteiger partial charge is 0.273 e. The Morgan fingerprint density at radius 1 is 1.04 bits per heavy atom. The maximum atomic E-state index is 12.8. The highest BCUT2D eigenvalue weighted by atomic mass is 79.9. The van der Waals surface area contributed by atoms with Gasteiger partial charge in [0.2, 0.25) is 0 Å². The molecule has 0 saturated carbocycles. The van der Waals surface area contributed by atoms with Crippen LogP contribution in [0.25, 0.3) is 16.9 Å². The van der Waals surface area contributed by atoms with Gasteiger partial charge in [0.25, 0.3) is 5.56 Å². The summed E-state index contributed by atoms with van der Waals surface area (Å²) in [5.41, 5.74) is 3.02. The molecule has 1 N–H and O–H groups in total. The monoisotopic (exact) mass is 379 g/mol. The summed E-state index contributed by atoms with van der Waals surface area (Å²) in [6, 6.07) is 20.5. The van der Waals surface area contributed by atoms with Crippen LogP contribution in [0.1, 0.15) is 5.56 Å². The van der Waals surface area contributed by atoms with Gasteiger partial charge >= 0.3 is 0 Å². The summed E-state index contributed by atoms with van der Waals surface area (Å²) in [5, 5.41) is 12.4. The molecule has 0 aliphatic heterocycles. The second-order valence-corrected chi connectivity index (χ2v) is 6.07. The summed E-state index contributed by atoms with van der Waals surface area (Å²) < 4.78 is 2.49. The Morgan fingerprint density at radius 2 is 1.75 bits per heavy atom. The van der Waals surface area contributed by atoms with Gasteiger partial charge in [-0.15, -0.1) is 0 Å². The predicted molar refractivity (Wildman–Crippen MR) is 99.4 cm³/mol. The van der Waals surface area contributed by atoms with Gasteiger partial charge in [-0.05, 0) is 42.5 Å². The van der Waals surface area contributed by atoms with Crippen molar-refractivity contribution in [2.75, 3.05) is 12.4 Å². The lowest BCUT2D eigenvalue weighted by molar-refractivity contribution is 0.991. The summed E-state index contributed by atoms with van der Waals surface area (Å²) >= 11 is 3.40. The highest BCUT2D eigenvalue weighted by Gasteiger charge is 2.14. The van der Waals surface area contributed by atoms with Crippen molar-refractivity contribution in [3.8, 4) is 23.0 Å². The third-order valence-corrected chi connectivity index (χ3v) is 4.29. The van der Waals surface area contributed by atoms with Crippen LogP contribution in [0.2, 0.25) is 0 Å². The van der Waals surface area contributed by atoms with Crippen LogP contribution in [0, 0.1) is 11.3 Å². The molecule has 0 spiro atoms. The second-order valence-electron chi connectivity index (χ2n) is 5.16. The van der Waals surface area contributed by atoms with Gasteiger partial charge in [0, 0.05) is 28.5 Å². The number of para-hydroxylation sites is 1. The average molecular weight is 380 g/mol. The van der Waals surface area contributed by atoms with Crippen molar-refractivity contribution in [2.24, 2.45) is 0 Å². The Labute approximate surface area is 148 Å². The van der Waals surface area contributed by atoms with E-state index in [-0.39, 0.29) is 11.1 Å². The number of aromatic nitrogens is 1. The van der Waals surface area contributed by atoms with Gasteiger partial charge in [-0.3, -0.25) is 9.36 Å². The van der Waals surface area contributed by atoms with Crippen molar-refractivity contribution in [1.29, 1.82) is 5.26 Å². The molecule has 118 valence electrons. The molecule has 0 amide bonds. The molecule has 4 nitrogen and oxygen atoms in total. The van der Waals surface area contributed by atoms with E-state index in [4.69, 9.17) is 0 Å². The Balaban J connectivity index is 2.35. The van der Waals surface area contributed by atoms with Crippen LogP contribution in [-0.4, -0.2) is 11.6 Å². The van der Waals surface area contributed by atoms with Gasteiger partial charge in [0.15, 0.2) is 0 Å². The van der Waals surface area contributed by atoms with E-state index in [0.29, 0.717) is 5.69 Å². The molecule has 1 aromatic heterocycles. The van der Waals surface area contributed by atoms with Crippen molar-refractivity contribution < 1.29 is 0 Å². The topological polar surface area (TPSA) is 57.8 Å². The van der Waals surface area contributed by atoms with Crippen LogP contribution >= 0.6 is 15.9 Å². The molecule has 0 saturated heterocycles. The quantitative estimate of drug-likeness (QED) is 0.742. The number of pyridine rings is 1. The standard InChI is InChI=1S/C19H14BrN3O/c1-22-17-5-3-2-4-16(17)18-11-6-13(12-21)19(24)23(18)15-9-7-14(20)8-10-15/h2-11,22H,1H3. The van der Waals surface area contributed by atoms with Gasteiger partial charge in [0.05, 0.1) is 5.69 Å². The van der Waals surface area contributed by atoms with E-state index < -0.39 is 0 Å². The van der Waals surface area contributed by atoms with Gasteiger partial charge in [-0.2, -0.15) is 5.26 Å². The molecule has 1 heterocycles. The van der Waals surface area contributed by atoms with Gasteiger partial charge < -0.3 is 5.32 Å². The van der Waals surface area contributed by atoms with Gasteiger partial charge in [-0.25, -0.2) is 0 Å². The van der Waals surface area contributed by atoms with E-state index in [1.54, 1.807) is 16.7 Å². The number of halogens is 1. The lowest BCUT2D eigenvalue weighted by Gasteiger charge is -2.16. The zero-order valence-electron chi connectivity index (χ0n) is 13.0. The minimum absolute atomic E-state index is 0.114. The van der Waals surface area contributed by atoms with E-state index in [9.17, 15) is 10.1 Å². The Hall–Kier alpha value is -2.84. The summed E-state index contributed by atoms with van der Waals surface area (Å²) in [4.78, 5) is 12.8. The molecule has 2 aromatic carbocycles. The summed E-state index contributed by atoms with van der Waals surface area (Å²) in [6.07, 6.45) is 0. The molecule has 0 aliphatic rings. The van der Waals surface area contributed by atoms with E-state index in [2.05, 4.69) is 21.2 Å². The molecule has 0 aliphatic carbocycles. The number of hydrogen-bond donors (Lipinski definition) is 1. The average Bonchev–Trinajstić information content (AvgIpc) is 2.62. The van der Waals surface area contributed by atoms with Crippen LogP contribution in [-0.2, 0) is 0 Å². The van der Waals surface area contributed by atoms with Crippen LogP contribution in [0.4, 0.5) is 5.69 Å². The Bertz CT molecular complexity index is 985. The van der Waals surface area contributed by atoms with Crippen LogP contribution < -0.4 is 10.9 Å². The van der Waals surface area contributed by atoms with Gasteiger partial charge in [0.1, 0.15) is 11.6 Å². The Kier molecular flexibility index (Phi) is 4.50. The fraction of sp³-hybridized carbons (Fsp3) is 0.0526. The number of rotatable bonds is 3. The van der Waals surface area contributed by atoms with Crippen molar-refractivity contribution >= 4 is 21.6 Å². The normalized spacial score (nSPS) is 10.2. The number of hydrogen-bond acceptors (Lipinski definition) is 3. The molecule has 0 unspecified atom stereocenters. The first-order chi connectivity index (χ1) is 11.7. The van der Waals surface area contributed by atoms with Crippen molar-refractivity contribution in [1.82, 2.24) is 4.57 Å². The third kappa shape index (κ3) is 2.84. The molecule has 3 aromatic rings. The molecular formula is C19H14BrN3O. The number of nitrogens with zero attached hydrogens (tertiary/aromatic N) is 2. The Morgan fingerprint density at radius 3 is 2.42 bits per heavy atom. The highest BCUT2D eigenvalue weighted by molar-refractivity contribution is 9.10. The van der Waals surface area contributed by atoms with E-state index in [1.807, 2.05) is 61.6 Å². The minimum Gasteiger partial charge on any atom is -0.388 e. The molecule has 5 heteroatoms. The van der Waals surface area contributed by atoms with Crippen LogP contribution in [0.15, 0.2) is 69.9 Å². The first kappa shape index (κ1) is 16.0.